The molecular formula is C11H13ClN2O2. The molecule has 0 spiro atoms. The number of benzene rings is 1. The van der Waals surface area contributed by atoms with Gasteiger partial charge in [0.05, 0.1) is 11.7 Å². The Morgan fingerprint density at radius 2 is 2.12 bits per heavy atom. The standard InChI is InChI=1S/C11H12N2O2.ClH/c12-5-8-6-1-3-9(13)11(15)7(6)2-4-10(8)14;/h2,4,9,11,14-15H,1,3,13H2;1H. The van der Waals surface area contributed by atoms with Gasteiger partial charge in [-0.05, 0) is 30.0 Å². The molecule has 0 amide bonds. The molecule has 86 valence electrons. The van der Waals surface area contributed by atoms with Gasteiger partial charge in [0.1, 0.15) is 11.8 Å². The molecule has 5 heteroatoms. The van der Waals surface area contributed by atoms with E-state index in [0.29, 0.717) is 18.4 Å². The first-order valence-corrected chi connectivity index (χ1v) is 4.83. The topological polar surface area (TPSA) is 90.3 Å². The first-order chi connectivity index (χ1) is 7.15. The van der Waals surface area contributed by atoms with Gasteiger partial charge in [-0.2, -0.15) is 5.26 Å². The summed E-state index contributed by atoms with van der Waals surface area (Å²) in [6, 6.07) is 4.74. The number of hydrogen-bond acceptors (Lipinski definition) is 4. The number of nitrogens with zero attached hydrogens (tertiary/aromatic N) is 1. The lowest BCUT2D eigenvalue weighted by molar-refractivity contribution is 0.133. The summed E-state index contributed by atoms with van der Waals surface area (Å²) >= 11 is 0. The van der Waals surface area contributed by atoms with Crippen molar-refractivity contribution in [2.24, 2.45) is 5.73 Å². The fourth-order valence-corrected chi connectivity index (χ4v) is 2.02. The zero-order valence-corrected chi connectivity index (χ0v) is 9.37. The Balaban J connectivity index is 0.00000128. The van der Waals surface area contributed by atoms with Gasteiger partial charge in [-0.15, -0.1) is 12.4 Å². The minimum absolute atomic E-state index is 0. The third kappa shape index (κ3) is 1.85. The molecular weight excluding hydrogens is 228 g/mol. The summed E-state index contributed by atoms with van der Waals surface area (Å²) in [5, 5.41) is 28.2. The van der Waals surface area contributed by atoms with Crippen LogP contribution in [0.25, 0.3) is 0 Å². The van der Waals surface area contributed by atoms with Gasteiger partial charge in [-0.25, -0.2) is 0 Å². The fourth-order valence-electron chi connectivity index (χ4n) is 2.02. The van der Waals surface area contributed by atoms with Crippen LogP contribution in [0.3, 0.4) is 0 Å². The number of hydrogen-bond donors (Lipinski definition) is 3. The molecule has 0 bridgehead atoms. The van der Waals surface area contributed by atoms with Crippen LogP contribution in [0.5, 0.6) is 5.75 Å². The summed E-state index contributed by atoms with van der Waals surface area (Å²) in [6.07, 6.45) is 0.526. The van der Waals surface area contributed by atoms with Crippen molar-refractivity contribution < 1.29 is 10.2 Å². The highest BCUT2D eigenvalue weighted by atomic mass is 35.5. The fraction of sp³-hybridized carbons (Fsp3) is 0.364. The van der Waals surface area contributed by atoms with Crippen LogP contribution in [-0.2, 0) is 6.42 Å². The van der Waals surface area contributed by atoms with Crippen molar-refractivity contribution >= 4 is 12.4 Å². The normalized spacial score (nSPS) is 22.8. The molecule has 0 radical (unpaired) electrons. The molecule has 2 atom stereocenters. The Morgan fingerprint density at radius 3 is 2.75 bits per heavy atom. The maximum absolute atomic E-state index is 9.82. The number of aromatic hydroxyl groups is 1. The van der Waals surface area contributed by atoms with E-state index in [4.69, 9.17) is 11.0 Å². The molecule has 0 fully saturated rings. The van der Waals surface area contributed by atoms with Crippen molar-refractivity contribution in [3.63, 3.8) is 0 Å². The third-order valence-electron chi connectivity index (χ3n) is 2.89. The molecule has 0 aromatic heterocycles. The molecule has 1 aromatic rings. The van der Waals surface area contributed by atoms with Crippen LogP contribution in [0.1, 0.15) is 29.2 Å². The Kier molecular flexibility index (Phi) is 3.76. The molecule has 2 unspecified atom stereocenters. The molecule has 1 aromatic carbocycles. The summed E-state index contributed by atoms with van der Waals surface area (Å²) in [4.78, 5) is 0. The quantitative estimate of drug-likeness (QED) is 0.631. The van der Waals surface area contributed by atoms with E-state index >= 15 is 0 Å². The van der Waals surface area contributed by atoms with Crippen LogP contribution < -0.4 is 5.73 Å². The summed E-state index contributed by atoms with van der Waals surface area (Å²) in [7, 11) is 0. The van der Waals surface area contributed by atoms with Gasteiger partial charge in [0, 0.05) is 6.04 Å². The van der Waals surface area contributed by atoms with E-state index in [0.717, 1.165) is 5.56 Å². The number of aliphatic hydroxyl groups is 1. The number of aliphatic hydroxyl groups excluding tert-OH is 1. The second-order valence-corrected chi connectivity index (χ2v) is 3.79. The summed E-state index contributed by atoms with van der Waals surface area (Å²) < 4.78 is 0. The number of phenolic OH excluding ortho intramolecular Hbond substituents is 1. The van der Waals surface area contributed by atoms with Gasteiger partial charge < -0.3 is 15.9 Å². The lowest BCUT2D eigenvalue weighted by Crippen LogP contribution is -2.33. The number of rotatable bonds is 0. The van der Waals surface area contributed by atoms with Gasteiger partial charge in [-0.3, -0.25) is 0 Å². The smallest absolute Gasteiger partial charge is 0.133 e. The Hall–Kier alpha value is -1.28. The molecule has 2 rings (SSSR count). The van der Waals surface area contributed by atoms with E-state index in [1.807, 2.05) is 6.07 Å². The van der Waals surface area contributed by atoms with Crippen molar-refractivity contribution in [1.29, 1.82) is 5.26 Å². The Labute approximate surface area is 99.7 Å². The summed E-state index contributed by atoms with van der Waals surface area (Å²) in [5.74, 6) is -0.0288. The minimum atomic E-state index is -0.735. The SMILES string of the molecule is Cl.N#Cc1c(O)ccc2c1CCC(N)C2O. The van der Waals surface area contributed by atoms with Crippen molar-refractivity contribution in [3.8, 4) is 11.8 Å². The molecule has 0 saturated heterocycles. The monoisotopic (exact) mass is 240 g/mol. The lowest BCUT2D eigenvalue weighted by atomic mass is 9.83. The third-order valence-corrected chi connectivity index (χ3v) is 2.89. The van der Waals surface area contributed by atoms with Crippen molar-refractivity contribution in [2.45, 2.75) is 25.0 Å². The van der Waals surface area contributed by atoms with Gasteiger partial charge >= 0.3 is 0 Å². The summed E-state index contributed by atoms with van der Waals surface area (Å²) in [6.45, 7) is 0. The van der Waals surface area contributed by atoms with Crippen LogP contribution in [0.2, 0.25) is 0 Å². The summed E-state index contributed by atoms with van der Waals surface area (Å²) in [5.41, 5.74) is 7.39. The second-order valence-electron chi connectivity index (χ2n) is 3.79. The largest absolute Gasteiger partial charge is 0.507 e. The average molecular weight is 241 g/mol. The molecule has 4 nitrogen and oxygen atoms in total. The molecule has 0 aliphatic heterocycles. The van der Waals surface area contributed by atoms with Gasteiger partial charge in [-0.1, -0.05) is 6.07 Å². The minimum Gasteiger partial charge on any atom is -0.507 e. The van der Waals surface area contributed by atoms with Crippen molar-refractivity contribution in [2.75, 3.05) is 0 Å². The van der Waals surface area contributed by atoms with E-state index in [-0.39, 0.29) is 29.8 Å². The van der Waals surface area contributed by atoms with Gasteiger partial charge in [0.25, 0.3) is 0 Å². The second kappa shape index (κ2) is 4.71. The Bertz CT molecular complexity index is 442. The zero-order valence-electron chi connectivity index (χ0n) is 8.55. The lowest BCUT2D eigenvalue weighted by Gasteiger charge is -2.27. The van der Waals surface area contributed by atoms with Crippen molar-refractivity contribution in [3.05, 3.63) is 28.8 Å². The highest BCUT2D eigenvalue weighted by molar-refractivity contribution is 5.85. The molecule has 0 saturated carbocycles. The number of fused-ring (bicyclic) bond motifs is 1. The van der Waals surface area contributed by atoms with E-state index in [2.05, 4.69) is 0 Å². The number of halogens is 1. The van der Waals surface area contributed by atoms with Crippen LogP contribution in [0, 0.1) is 11.3 Å². The molecule has 1 aliphatic rings. The number of nitriles is 1. The maximum Gasteiger partial charge on any atom is 0.133 e. The Morgan fingerprint density at radius 1 is 1.44 bits per heavy atom. The molecule has 4 N–H and O–H groups in total. The van der Waals surface area contributed by atoms with E-state index in [9.17, 15) is 10.2 Å². The van der Waals surface area contributed by atoms with Crippen LogP contribution >= 0.6 is 12.4 Å². The van der Waals surface area contributed by atoms with Gasteiger partial charge in [0.2, 0.25) is 0 Å². The molecule has 1 aliphatic carbocycles. The highest BCUT2D eigenvalue weighted by Gasteiger charge is 2.27. The van der Waals surface area contributed by atoms with Crippen LogP contribution in [0.15, 0.2) is 12.1 Å². The predicted molar refractivity (Wildman–Crippen MR) is 61.3 cm³/mol. The molecule has 0 heterocycles. The van der Waals surface area contributed by atoms with E-state index < -0.39 is 6.10 Å². The number of nitrogens with two attached hydrogens (primary N) is 1. The zero-order chi connectivity index (χ0) is 11.0. The highest BCUT2D eigenvalue weighted by Crippen LogP contribution is 2.34. The maximum atomic E-state index is 9.82. The average Bonchev–Trinajstić information content (AvgIpc) is 2.23. The first kappa shape index (κ1) is 12.8. The number of phenols is 1. The van der Waals surface area contributed by atoms with E-state index in [1.165, 1.54) is 6.07 Å². The van der Waals surface area contributed by atoms with Gasteiger partial charge in [0.15, 0.2) is 0 Å². The van der Waals surface area contributed by atoms with Crippen LogP contribution in [0.4, 0.5) is 0 Å². The molecule has 16 heavy (non-hydrogen) atoms. The predicted octanol–water partition coefficient (Wildman–Crippen LogP) is 0.993. The van der Waals surface area contributed by atoms with Crippen LogP contribution in [-0.4, -0.2) is 16.3 Å². The first-order valence-electron chi connectivity index (χ1n) is 4.83. The van der Waals surface area contributed by atoms with E-state index in [1.54, 1.807) is 6.07 Å². The van der Waals surface area contributed by atoms with Crippen molar-refractivity contribution in [1.82, 2.24) is 0 Å².